The molecule has 3 aromatic rings. The third-order valence-electron chi connectivity index (χ3n) is 3.96. The number of halogens is 1. The third-order valence-corrected chi connectivity index (χ3v) is 3.96. The van der Waals surface area contributed by atoms with Gasteiger partial charge in [0.25, 0.3) is 11.6 Å². The highest BCUT2D eigenvalue weighted by molar-refractivity contribution is 6.04. The summed E-state index contributed by atoms with van der Waals surface area (Å²) in [4.78, 5) is 27.1. The van der Waals surface area contributed by atoms with E-state index in [1.165, 1.54) is 6.92 Å². The number of hydrogen-bond donors (Lipinski definition) is 1. The molecule has 0 unspecified atom stereocenters. The van der Waals surface area contributed by atoms with E-state index in [0.717, 1.165) is 17.8 Å². The Kier molecular flexibility index (Phi) is 4.93. The molecule has 27 heavy (non-hydrogen) atoms. The van der Waals surface area contributed by atoms with Gasteiger partial charge >= 0.3 is 0 Å². The van der Waals surface area contributed by atoms with Gasteiger partial charge in [0.2, 0.25) is 0 Å². The van der Waals surface area contributed by atoms with E-state index < -0.39 is 22.3 Å². The number of hydrogen-bond acceptors (Lipinski definition) is 5. The van der Waals surface area contributed by atoms with Crippen molar-refractivity contribution in [3.8, 4) is 0 Å². The molecule has 1 amide bonds. The number of benzene rings is 1. The number of anilines is 1. The van der Waals surface area contributed by atoms with Crippen LogP contribution in [0.1, 0.15) is 27.3 Å². The Morgan fingerprint density at radius 2 is 2.07 bits per heavy atom. The Balaban J connectivity index is 1.88. The van der Waals surface area contributed by atoms with E-state index >= 15 is 0 Å². The second-order valence-corrected chi connectivity index (χ2v) is 5.96. The number of nitrogens with one attached hydrogen (secondary N) is 1. The van der Waals surface area contributed by atoms with Crippen LogP contribution in [-0.2, 0) is 6.54 Å². The van der Waals surface area contributed by atoms with Crippen molar-refractivity contribution in [2.24, 2.45) is 0 Å². The lowest BCUT2D eigenvalue weighted by Crippen LogP contribution is -2.17. The topological polar surface area (TPSA) is 103 Å². The van der Waals surface area contributed by atoms with Crippen LogP contribution in [0.25, 0.3) is 0 Å². The van der Waals surface area contributed by atoms with Gasteiger partial charge in [0, 0.05) is 23.9 Å². The molecular formula is C18H16FN5O3. The maximum absolute atomic E-state index is 14.0. The zero-order valence-electron chi connectivity index (χ0n) is 14.6. The maximum atomic E-state index is 14.0. The lowest BCUT2D eigenvalue weighted by atomic mass is 10.1. The number of nitro benzene ring substituents is 1. The van der Waals surface area contributed by atoms with Gasteiger partial charge in [-0.25, -0.2) is 9.07 Å². The average Bonchev–Trinajstić information content (AvgIpc) is 2.96. The molecule has 0 saturated carbocycles. The number of carbonyl (C=O) groups is 1. The van der Waals surface area contributed by atoms with Crippen LogP contribution in [0, 0.1) is 29.8 Å². The molecule has 0 fully saturated rings. The number of nitrogens with zero attached hydrogens (tertiary/aromatic N) is 4. The average molecular weight is 369 g/mol. The van der Waals surface area contributed by atoms with Gasteiger partial charge in [-0.05, 0) is 32.0 Å². The molecule has 0 radical (unpaired) electrons. The quantitative estimate of drug-likeness (QED) is 0.549. The molecule has 0 saturated heterocycles. The van der Waals surface area contributed by atoms with Gasteiger partial charge in [-0.15, -0.1) is 0 Å². The summed E-state index contributed by atoms with van der Waals surface area (Å²) in [6, 6.07) is 9.13. The van der Waals surface area contributed by atoms with E-state index in [-0.39, 0.29) is 11.1 Å². The van der Waals surface area contributed by atoms with E-state index in [2.05, 4.69) is 15.4 Å². The minimum absolute atomic E-state index is 0.118. The van der Waals surface area contributed by atoms with Gasteiger partial charge in [-0.3, -0.25) is 19.9 Å². The second kappa shape index (κ2) is 7.32. The molecule has 1 N–H and O–H groups in total. The van der Waals surface area contributed by atoms with Crippen LogP contribution < -0.4 is 5.32 Å². The lowest BCUT2D eigenvalue weighted by Gasteiger charge is -2.09. The minimum atomic E-state index is -0.812. The number of aryl methyl sites for hydroxylation is 1. The second-order valence-electron chi connectivity index (χ2n) is 5.96. The Bertz CT molecular complexity index is 1020. The molecule has 0 aliphatic heterocycles. The zero-order valence-corrected chi connectivity index (χ0v) is 14.6. The first-order chi connectivity index (χ1) is 12.8. The Labute approximate surface area is 153 Å². The van der Waals surface area contributed by atoms with Crippen LogP contribution in [-0.4, -0.2) is 25.6 Å². The molecule has 8 nitrogen and oxygen atoms in total. The Morgan fingerprint density at radius 1 is 1.30 bits per heavy atom. The van der Waals surface area contributed by atoms with Crippen molar-refractivity contribution in [1.82, 2.24) is 14.8 Å². The normalized spacial score (nSPS) is 10.6. The number of nitro groups is 1. The first-order valence-corrected chi connectivity index (χ1v) is 8.05. The van der Waals surface area contributed by atoms with Crippen LogP contribution in [0.2, 0.25) is 0 Å². The monoisotopic (exact) mass is 369 g/mol. The van der Waals surface area contributed by atoms with Crippen LogP contribution >= 0.6 is 0 Å². The molecule has 1 aromatic carbocycles. The maximum Gasteiger partial charge on any atom is 0.276 e. The predicted octanol–water partition coefficient (Wildman–Crippen LogP) is 3.24. The van der Waals surface area contributed by atoms with Crippen LogP contribution in [0.3, 0.4) is 0 Å². The molecule has 0 aliphatic carbocycles. The molecule has 9 heteroatoms. The van der Waals surface area contributed by atoms with Gasteiger partial charge in [-0.2, -0.15) is 5.10 Å². The van der Waals surface area contributed by atoms with Crippen LogP contribution in [0.5, 0.6) is 0 Å². The lowest BCUT2D eigenvalue weighted by molar-refractivity contribution is -0.385. The highest BCUT2D eigenvalue weighted by Gasteiger charge is 2.20. The van der Waals surface area contributed by atoms with Gasteiger partial charge in [0.05, 0.1) is 28.4 Å². The molecule has 2 heterocycles. The van der Waals surface area contributed by atoms with Crippen molar-refractivity contribution in [1.29, 1.82) is 0 Å². The molecule has 138 valence electrons. The first-order valence-electron chi connectivity index (χ1n) is 8.05. The Hall–Kier alpha value is -3.62. The fourth-order valence-corrected chi connectivity index (χ4v) is 2.59. The van der Waals surface area contributed by atoms with Gasteiger partial charge < -0.3 is 5.32 Å². The first kappa shape index (κ1) is 18.2. The largest absolute Gasteiger partial charge is 0.307 e. The van der Waals surface area contributed by atoms with E-state index in [1.54, 1.807) is 29.9 Å². The molecule has 0 aliphatic rings. The molecule has 0 spiro atoms. The number of carbonyl (C=O) groups excluding carboxylic acids is 1. The van der Waals surface area contributed by atoms with Crippen molar-refractivity contribution in [3.63, 3.8) is 0 Å². The van der Waals surface area contributed by atoms with E-state index in [9.17, 15) is 19.3 Å². The van der Waals surface area contributed by atoms with E-state index in [4.69, 9.17) is 0 Å². The summed E-state index contributed by atoms with van der Waals surface area (Å²) in [5, 5.41) is 18.0. The molecule has 0 bridgehead atoms. The summed E-state index contributed by atoms with van der Waals surface area (Å²) in [6.07, 6.45) is 1.65. The molecular weight excluding hydrogens is 353 g/mol. The van der Waals surface area contributed by atoms with Crippen LogP contribution in [0.15, 0.2) is 42.6 Å². The number of rotatable bonds is 5. The summed E-state index contributed by atoms with van der Waals surface area (Å²) in [6.45, 7) is 3.38. The van der Waals surface area contributed by atoms with Crippen molar-refractivity contribution >= 4 is 17.4 Å². The molecule has 2 aromatic heterocycles. The predicted molar refractivity (Wildman–Crippen MR) is 96.0 cm³/mol. The van der Waals surface area contributed by atoms with Crippen molar-refractivity contribution < 1.29 is 14.1 Å². The summed E-state index contributed by atoms with van der Waals surface area (Å²) in [5.41, 5.74) is 0.703. The highest BCUT2D eigenvalue weighted by atomic mass is 19.1. The highest BCUT2D eigenvalue weighted by Crippen LogP contribution is 2.23. The van der Waals surface area contributed by atoms with Crippen molar-refractivity contribution in [2.45, 2.75) is 20.4 Å². The van der Waals surface area contributed by atoms with E-state index in [0.29, 0.717) is 18.1 Å². The van der Waals surface area contributed by atoms with E-state index in [1.807, 2.05) is 12.1 Å². The summed E-state index contributed by atoms with van der Waals surface area (Å²) in [5.74, 6) is -1.10. The van der Waals surface area contributed by atoms with Crippen molar-refractivity contribution in [3.05, 3.63) is 81.0 Å². The fourth-order valence-electron chi connectivity index (χ4n) is 2.59. The standard InChI is InChI=1S/C18H16FN5O3/c1-11-7-17(23(22-11)10-14-5-3-4-6-20-14)21-18(25)13-8-15(19)12(2)16(9-13)24(26)27/h3-9H,10H2,1-2H3,(H,21,25). The third kappa shape index (κ3) is 3.97. The smallest absolute Gasteiger partial charge is 0.276 e. The van der Waals surface area contributed by atoms with Gasteiger partial charge in [-0.1, -0.05) is 6.07 Å². The SMILES string of the molecule is Cc1cc(NC(=O)c2cc(F)c(C)c([N+](=O)[O-])c2)n(Cc2ccccn2)n1. The zero-order chi connectivity index (χ0) is 19.6. The van der Waals surface area contributed by atoms with Gasteiger partial charge in [0.15, 0.2) is 0 Å². The van der Waals surface area contributed by atoms with Crippen molar-refractivity contribution in [2.75, 3.05) is 5.32 Å². The number of aromatic nitrogens is 3. The number of amides is 1. The summed E-state index contributed by atoms with van der Waals surface area (Å²) >= 11 is 0. The van der Waals surface area contributed by atoms with Crippen LogP contribution in [0.4, 0.5) is 15.9 Å². The Morgan fingerprint density at radius 3 is 2.74 bits per heavy atom. The fraction of sp³-hybridized carbons (Fsp3) is 0.167. The van der Waals surface area contributed by atoms with Gasteiger partial charge in [0.1, 0.15) is 11.6 Å². The number of pyridine rings is 1. The molecule has 3 rings (SSSR count). The summed E-state index contributed by atoms with van der Waals surface area (Å²) in [7, 11) is 0. The minimum Gasteiger partial charge on any atom is -0.307 e. The summed E-state index contributed by atoms with van der Waals surface area (Å²) < 4.78 is 15.5. The molecule has 0 atom stereocenters.